The number of ketones is 1. The lowest BCUT2D eigenvalue weighted by Crippen LogP contribution is -2.35. The van der Waals surface area contributed by atoms with Gasteiger partial charge in [0.25, 0.3) is 0 Å². The molecule has 72 valence electrons. The molecule has 0 atom stereocenters. The van der Waals surface area contributed by atoms with E-state index < -0.39 is 12.9 Å². The first-order chi connectivity index (χ1) is 6.57. The largest absolute Gasteiger partial charge is 0.489 e. The van der Waals surface area contributed by atoms with E-state index >= 15 is 0 Å². The highest BCUT2D eigenvalue weighted by molar-refractivity contribution is 6.61. The maximum Gasteiger partial charge on any atom is 0.489 e. The molecule has 4 nitrogen and oxygen atoms in total. The molecule has 0 unspecified atom stereocenters. The normalized spacial score (nSPS) is 9.57. The molecular weight excluding hydrogens is 181 g/mol. The third kappa shape index (κ3) is 1.84. The topological polar surface area (TPSA) is 83.6 Å². The van der Waals surface area contributed by atoms with Crippen LogP contribution in [0.5, 0.6) is 0 Å². The molecule has 0 heterocycles. The van der Waals surface area contributed by atoms with Crippen LogP contribution < -0.4 is 11.2 Å². The zero-order valence-electron chi connectivity index (χ0n) is 7.47. The Morgan fingerprint density at radius 2 is 2.14 bits per heavy atom. The van der Waals surface area contributed by atoms with Crippen LogP contribution in [0.4, 0.5) is 5.69 Å². The average molecular weight is 191 g/mol. The number of rotatable bonds is 3. The summed E-state index contributed by atoms with van der Waals surface area (Å²) >= 11 is 0. The van der Waals surface area contributed by atoms with Gasteiger partial charge in [-0.05, 0) is 17.6 Å². The van der Waals surface area contributed by atoms with Crippen molar-refractivity contribution in [3.05, 3.63) is 36.4 Å². The predicted molar refractivity (Wildman–Crippen MR) is 55.2 cm³/mol. The average Bonchev–Trinajstić information content (AvgIpc) is 2.16. The first-order valence-electron chi connectivity index (χ1n) is 3.99. The van der Waals surface area contributed by atoms with Crippen molar-refractivity contribution in [3.63, 3.8) is 0 Å². The summed E-state index contributed by atoms with van der Waals surface area (Å²) in [5.74, 6) is -0.425. The second kappa shape index (κ2) is 4.08. The van der Waals surface area contributed by atoms with Gasteiger partial charge in [-0.1, -0.05) is 18.7 Å². The Bertz CT molecular complexity index is 376. The fourth-order valence-corrected chi connectivity index (χ4v) is 1.19. The van der Waals surface area contributed by atoms with E-state index in [0.29, 0.717) is 0 Å². The quantitative estimate of drug-likeness (QED) is 0.255. The van der Waals surface area contributed by atoms with Crippen LogP contribution in [0.25, 0.3) is 0 Å². The van der Waals surface area contributed by atoms with Crippen LogP contribution >= 0.6 is 0 Å². The summed E-state index contributed by atoms with van der Waals surface area (Å²) in [6.07, 6.45) is 1.08. The molecule has 4 N–H and O–H groups in total. The summed E-state index contributed by atoms with van der Waals surface area (Å²) < 4.78 is 0. The lowest BCUT2D eigenvalue weighted by Gasteiger charge is -2.08. The summed E-state index contributed by atoms with van der Waals surface area (Å²) in [4.78, 5) is 11.3. The Balaban J connectivity index is 3.36. The van der Waals surface area contributed by atoms with Crippen LogP contribution in [0.2, 0.25) is 0 Å². The van der Waals surface area contributed by atoms with E-state index in [1.807, 2.05) is 0 Å². The molecule has 0 saturated heterocycles. The monoisotopic (exact) mass is 191 g/mol. The molecule has 0 radical (unpaired) electrons. The number of anilines is 1. The minimum Gasteiger partial charge on any atom is -0.423 e. The van der Waals surface area contributed by atoms with Crippen LogP contribution in [0.3, 0.4) is 0 Å². The van der Waals surface area contributed by atoms with Gasteiger partial charge in [0.2, 0.25) is 0 Å². The maximum absolute atomic E-state index is 11.3. The zero-order valence-corrected chi connectivity index (χ0v) is 7.47. The van der Waals surface area contributed by atoms with Crippen molar-refractivity contribution in [2.24, 2.45) is 0 Å². The Kier molecular flexibility index (Phi) is 3.06. The summed E-state index contributed by atoms with van der Waals surface area (Å²) in [5.41, 5.74) is 5.94. The van der Waals surface area contributed by atoms with Crippen LogP contribution in [-0.2, 0) is 0 Å². The van der Waals surface area contributed by atoms with Gasteiger partial charge in [-0.2, -0.15) is 0 Å². The summed E-state index contributed by atoms with van der Waals surface area (Å²) in [6.45, 7) is 3.31. The number of carbonyl (C=O) groups is 1. The van der Waals surface area contributed by atoms with Gasteiger partial charge >= 0.3 is 7.12 Å². The third-order valence-electron chi connectivity index (χ3n) is 1.84. The van der Waals surface area contributed by atoms with Gasteiger partial charge in [0.15, 0.2) is 5.78 Å². The number of carbonyl (C=O) groups excluding carboxylic acids is 1. The molecule has 1 aromatic rings. The Hall–Kier alpha value is -1.59. The van der Waals surface area contributed by atoms with Gasteiger partial charge in [0.1, 0.15) is 0 Å². The Morgan fingerprint density at radius 1 is 1.50 bits per heavy atom. The first kappa shape index (κ1) is 10.5. The molecular formula is C9H10BNO3. The number of hydrogen-bond donors (Lipinski definition) is 3. The van der Waals surface area contributed by atoms with Crippen LogP contribution in [0.1, 0.15) is 10.4 Å². The van der Waals surface area contributed by atoms with Gasteiger partial charge in [-0.15, -0.1) is 0 Å². The number of allylic oxidation sites excluding steroid dienone is 1. The number of hydrogen-bond acceptors (Lipinski definition) is 4. The van der Waals surface area contributed by atoms with E-state index in [2.05, 4.69) is 6.58 Å². The van der Waals surface area contributed by atoms with Crippen molar-refractivity contribution in [3.8, 4) is 0 Å². The second-order valence-electron chi connectivity index (χ2n) is 2.75. The van der Waals surface area contributed by atoms with Gasteiger partial charge in [0.05, 0.1) is 0 Å². The fraction of sp³-hybridized carbons (Fsp3) is 0. The molecule has 0 fully saturated rings. The van der Waals surface area contributed by atoms with E-state index in [-0.39, 0.29) is 16.7 Å². The highest BCUT2D eigenvalue weighted by Crippen LogP contribution is 2.10. The molecule has 1 rings (SSSR count). The SMILES string of the molecule is C=CC(=O)c1c(N)cccc1B(O)O. The first-order valence-corrected chi connectivity index (χ1v) is 3.99. The highest BCUT2D eigenvalue weighted by atomic mass is 16.4. The lowest BCUT2D eigenvalue weighted by atomic mass is 9.75. The minimum absolute atomic E-state index is 0.0925. The molecule has 0 aromatic heterocycles. The van der Waals surface area contributed by atoms with Gasteiger partial charge < -0.3 is 15.8 Å². The molecule has 0 saturated carbocycles. The summed E-state index contributed by atoms with van der Waals surface area (Å²) in [5, 5.41) is 18.0. The minimum atomic E-state index is -1.71. The van der Waals surface area contributed by atoms with Crippen molar-refractivity contribution < 1.29 is 14.8 Å². The van der Waals surface area contributed by atoms with E-state index in [4.69, 9.17) is 15.8 Å². The Labute approximate surface area is 81.8 Å². The van der Waals surface area contributed by atoms with Crippen molar-refractivity contribution in [2.45, 2.75) is 0 Å². The maximum atomic E-state index is 11.3. The second-order valence-corrected chi connectivity index (χ2v) is 2.75. The van der Waals surface area contributed by atoms with E-state index in [1.54, 1.807) is 6.07 Å². The van der Waals surface area contributed by atoms with Crippen molar-refractivity contribution in [2.75, 3.05) is 5.73 Å². The van der Waals surface area contributed by atoms with E-state index in [1.165, 1.54) is 12.1 Å². The molecule has 5 heteroatoms. The van der Waals surface area contributed by atoms with E-state index in [0.717, 1.165) is 6.08 Å². The van der Waals surface area contributed by atoms with Crippen LogP contribution in [0.15, 0.2) is 30.9 Å². The van der Waals surface area contributed by atoms with E-state index in [9.17, 15) is 4.79 Å². The van der Waals surface area contributed by atoms with Crippen LogP contribution in [-0.4, -0.2) is 22.9 Å². The number of benzene rings is 1. The van der Waals surface area contributed by atoms with Crippen molar-refractivity contribution in [1.29, 1.82) is 0 Å². The predicted octanol–water partition coefficient (Wildman–Crippen LogP) is -0.683. The smallest absolute Gasteiger partial charge is 0.423 e. The number of nitrogen functional groups attached to an aromatic ring is 1. The molecule has 1 aromatic carbocycles. The molecule has 14 heavy (non-hydrogen) atoms. The third-order valence-corrected chi connectivity index (χ3v) is 1.84. The molecule has 0 aliphatic carbocycles. The van der Waals surface area contributed by atoms with Gasteiger partial charge in [0, 0.05) is 11.3 Å². The molecule has 0 aliphatic rings. The zero-order chi connectivity index (χ0) is 10.7. The van der Waals surface area contributed by atoms with Crippen molar-refractivity contribution in [1.82, 2.24) is 0 Å². The molecule has 0 bridgehead atoms. The standard InChI is InChI=1S/C9H10BNO3/c1-2-8(12)9-6(10(13)14)4-3-5-7(9)11/h2-5,13-14H,1,11H2. The fourth-order valence-electron chi connectivity index (χ4n) is 1.19. The number of nitrogens with two attached hydrogens (primary N) is 1. The van der Waals surface area contributed by atoms with Gasteiger partial charge in [-0.3, -0.25) is 4.79 Å². The summed E-state index contributed by atoms with van der Waals surface area (Å²) in [7, 11) is -1.71. The molecule has 0 spiro atoms. The summed E-state index contributed by atoms with van der Waals surface area (Å²) in [6, 6.07) is 4.49. The lowest BCUT2D eigenvalue weighted by molar-refractivity contribution is 0.104. The van der Waals surface area contributed by atoms with Crippen molar-refractivity contribution >= 4 is 24.1 Å². The molecule has 0 amide bonds. The highest BCUT2D eigenvalue weighted by Gasteiger charge is 2.20. The Morgan fingerprint density at radius 3 is 2.64 bits per heavy atom. The molecule has 0 aliphatic heterocycles. The van der Waals surface area contributed by atoms with Gasteiger partial charge in [-0.25, -0.2) is 0 Å². The van der Waals surface area contributed by atoms with Crippen LogP contribution in [0, 0.1) is 0 Å².